The summed E-state index contributed by atoms with van der Waals surface area (Å²) in [7, 11) is 1.40. The molecule has 0 saturated heterocycles. The van der Waals surface area contributed by atoms with Crippen molar-refractivity contribution < 1.29 is 14.3 Å². The minimum atomic E-state index is -0.918. The Hall–Kier alpha value is -0.290. The zero-order valence-electron chi connectivity index (χ0n) is 7.48. The molecule has 0 saturated carbocycles. The lowest BCUT2D eigenvalue weighted by Gasteiger charge is -2.20. The molecule has 0 bridgehead atoms. The Morgan fingerprint density at radius 1 is 1.25 bits per heavy atom. The molecule has 12 heavy (non-hydrogen) atoms. The smallest absolute Gasteiger partial charge is 0.210 e. The van der Waals surface area contributed by atoms with Gasteiger partial charge in [-0.05, 0) is 26.0 Å². The van der Waals surface area contributed by atoms with Gasteiger partial charge in [0, 0.05) is 12.0 Å². The third-order valence-corrected chi connectivity index (χ3v) is 1.78. The van der Waals surface area contributed by atoms with Crippen LogP contribution in [0.1, 0.15) is 13.8 Å². The molecule has 0 aromatic carbocycles. The van der Waals surface area contributed by atoms with Crippen molar-refractivity contribution in [1.29, 1.82) is 0 Å². The highest BCUT2D eigenvalue weighted by Crippen LogP contribution is 2.27. The summed E-state index contributed by atoms with van der Waals surface area (Å²) in [6.07, 6.45) is 6.95. The van der Waals surface area contributed by atoms with Gasteiger partial charge in [0.1, 0.15) is 0 Å². The largest absolute Gasteiger partial charge is 0.327 e. The summed E-state index contributed by atoms with van der Waals surface area (Å²) in [5.74, 6) is 0. The minimum absolute atomic E-state index is 0.570. The molecule has 0 unspecified atom stereocenters. The van der Waals surface area contributed by atoms with Gasteiger partial charge in [-0.25, -0.2) is 9.78 Å². The van der Waals surface area contributed by atoms with E-state index < -0.39 is 4.93 Å². The standard InChI is InChI=1S/C8H14O3S/c1-4-6-8(12-9,7-5-2)11-10-3/h4-7,9H,1-3H3. The molecule has 0 rings (SSSR count). The third kappa shape index (κ3) is 3.40. The number of allylic oxidation sites excluding steroid dienone is 2. The van der Waals surface area contributed by atoms with E-state index in [1.165, 1.54) is 7.11 Å². The number of hydrogen-bond acceptors (Lipinski definition) is 4. The molecule has 3 nitrogen and oxygen atoms in total. The fourth-order valence-corrected chi connectivity index (χ4v) is 1.27. The van der Waals surface area contributed by atoms with Crippen LogP contribution in [-0.2, 0) is 9.78 Å². The topological polar surface area (TPSA) is 38.7 Å². The molecule has 0 amide bonds. The van der Waals surface area contributed by atoms with Crippen molar-refractivity contribution in [3.63, 3.8) is 0 Å². The Labute approximate surface area is 77.2 Å². The van der Waals surface area contributed by atoms with Crippen molar-refractivity contribution in [3.05, 3.63) is 24.3 Å². The summed E-state index contributed by atoms with van der Waals surface area (Å²) in [6.45, 7) is 3.68. The summed E-state index contributed by atoms with van der Waals surface area (Å²) < 4.78 is 8.98. The Morgan fingerprint density at radius 3 is 2.00 bits per heavy atom. The van der Waals surface area contributed by atoms with Gasteiger partial charge in [-0.1, -0.05) is 12.2 Å². The Kier molecular flexibility index (Phi) is 6.10. The molecule has 0 heterocycles. The van der Waals surface area contributed by atoms with E-state index in [1.54, 1.807) is 24.3 Å². The Balaban J connectivity index is 4.49. The van der Waals surface area contributed by atoms with Gasteiger partial charge in [0.25, 0.3) is 0 Å². The van der Waals surface area contributed by atoms with E-state index in [-0.39, 0.29) is 0 Å². The molecule has 0 aromatic rings. The fraction of sp³-hybridized carbons (Fsp3) is 0.500. The maximum Gasteiger partial charge on any atom is 0.210 e. The second kappa shape index (κ2) is 6.25. The monoisotopic (exact) mass is 190 g/mol. The fourth-order valence-electron chi connectivity index (χ4n) is 0.782. The van der Waals surface area contributed by atoms with Crippen molar-refractivity contribution >= 4 is 12.0 Å². The third-order valence-electron chi connectivity index (χ3n) is 1.15. The van der Waals surface area contributed by atoms with E-state index in [2.05, 4.69) is 4.89 Å². The second-order valence-electron chi connectivity index (χ2n) is 2.06. The van der Waals surface area contributed by atoms with Gasteiger partial charge in [-0.15, -0.1) is 0 Å². The maximum absolute atomic E-state index is 8.98. The molecular weight excluding hydrogens is 176 g/mol. The first-order chi connectivity index (χ1) is 5.74. The minimum Gasteiger partial charge on any atom is -0.327 e. The van der Waals surface area contributed by atoms with Crippen LogP contribution >= 0.6 is 12.0 Å². The molecule has 0 aromatic heterocycles. The van der Waals surface area contributed by atoms with E-state index in [9.17, 15) is 0 Å². The highest BCUT2D eigenvalue weighted by atomic mass is 32.2. The van der Waals surface area contributed by atoms with Crippen LogP contribution in [0.2, 0.25) is 0 Å². The van der Waals surface area contributed by atoms with E-state index in [1.807, 2.05) is 13.8 Å². The van der Waals surface area contributed by atoms with Gasteiger partial charge < -0.3 is 4.55 Å². The molecule has 70 valence electrons. The molecule has 0 atom stereocenters. The van der Waals surface area contributed by atoms with Crippen molar-refractivity contribution in [2.24, 2.45) is 0 Å². The molecule has 0 aliphatic carbocycles. The van der Waals surface area contributed by atoms with Crippen molar-refractivity contribution in [2.75, 3.05) is 7.11 Å². The van der Waals surface area contributed by atoms with Crippen LogP contribution in [0.25, 0.3) is 0 Å². The van der Waals surface area contributed by atoms with Gasteiger partial charge in [0.2, 0.25) is 4.93 Å². The van der Waals surface area contributed by atoms with Crippen molar-refractivity contribution in [2.45, 2.75) is 18.8 Å². The van der Waals surface area contributed by atoms with E-state index in [4.69, 9.17) is 9.44 Å². The molecule has 0 aliphatic heterocycles. The Bertz CT molecular complexity index is 154. The van der Waals surface area contributed by atoms with Gasteiger partial charge in [0.15, 0.2) is 0 Å². The lowest BCUT2D eigenvalue weighted by molar-refractivity contribution is -0.294. The van der Waals surface area contributed by atoms with Crippen LogP contribution in [0.3, 0.4) is 0 Å². The van der Waals surface area contributed by atoms with Gasteiger partial charge in [-0.3, -0.25) is 0 Å². The predicted molar refractivity (Wildman–Crippen MR) is 50.7 cm³/mol. The molecule has 0 fully saturated rings. The highest BCUT2D eigenvalue weighted by molar-refractivity contribution is 7.95. The molecule has 0 spiro atoms. The summed E-state index contributed by atoms with van der Waals surface area (Å²) in [4.78, 5) is 8.50. The summed E-state index contributed by atoms with van der Waals surface area (Å²) in [5, 5.41) is 0. The quantitative estimate of drug-likeness (QED) is 0.238. The summed E-state index contributed by atoms with van der Waals surface area (Å²) >= 11 is 0.570. The van der Waals surface area contributed by atoms with Crippen LogP contribution < -0.4 is 0 Å². The lowest BCUT2D eigenvalue weighted by atomic mass is 10.3. The average Bonchev–Trinajstić information content (AvgIpc) is 2.06. The second-order valence-corrected chi connectivity index (χ2v) is 2.88. The predicted octanol–water partition coefficient (Wildman–Crippen LogP) is 2.62. The van der Waals surface area contributed by atoms with Crippen LogP contribution in [0.5, 0.6) is 0 Å². The van der Waals surface area contributed by atoms with E-state index in [0.717, 1.165) is 0 Å². The van der Waals surface area contributed by atoms with Crippen molar-refractivity contribution in [1.82, 2.24) is 0 Å². The molecule has 1 N–H and O–H groups in total. The first kappa shape index (κ1) is 11.7. The van der Waals surface area contributed by atoms with Crippen LogP contribution in [0.4, 0.5) is 0 Å². The van der Waals surface area contributed by atoms with Gasteiger partial charge in [-0.2, -0.15) is 0 Å². The highest BCUT2D eigenvalue weighted by Gasteiger charge is 2.26. The first-order valence-electron chi connectivity index (χ1n) is 3.56. The molecule has 0 aliphatic rings. The van der Waals surface area contributed by atoms with Gasteiger partial charge >= 0.3 is 0 Å². The zero-order valence-corrected chi connectivity index (χ0v) is 8.30. The SMILES string of the molecule is CC=CC(C=CC)(OOC)SO. The summed E-state index contributed by atoms with van der Waals surface area (Å²) in [6, 6.07) is 0. The molecule has 4 heteroatoms. The summed E-state index contributed by atoms with van der Waals surface area (Å²) in [5.41, 5.74) is 0. The lowest BCUT2D eigenvalue weighted by Crippen LogP contribution is -2.22. The molecule has 0 radical (unpaired) electrons. The van der Waals surface area contributed by atoms with Crippen LogP contribution in [0.15, 0.2) is 24.3 Å². The van der Waals surface area contributed by atoms with Crippen molar-refractivity contribution in [3.8, 4) is 0 Å². The maximum atomic E-state index is 8.98. The first-order valence-corrected chi connectivity index (χ1v) is 4.34. The normalized spacial score (nSPS) is 17.3. The number of hydrogen-bond donors (Lipinski definition) is 1. The zero-order chi connectivity index (χ0) is 9.45. The Morgan fingerprint density at radius 2 is 1.75 bits per heavy atom. The van der Waals surface area contributed by atoms with Gasteiger partial charge in [0.05, 0.1) is 7.11 Å². The van der Waals surface area contributed by atoms with Crippen LogP contribution in [0, 0.1) is 0 Å². The average molecular weight is 190 g/mol. The molecular formula is C8H14O3S. The number of rotatable bonds is 5. The van der Waals surface area contributed by atoms with Crippen LogP contribution in [-0.4, -0.2) is 16.6 Å². The van der Waals surface area contributed by atoms with E-state index in [0.29, 0.717) is 12.0 Å². The van der Waals surface area contributed by atoms with E-state index >= 15 is 0 Å².